The highest BCUT2D eigenvalue weighted by Crippen LogP contribution is 2.31. The normalized spacial score (nSPS) is 15.3. The average Bonchev–Trinajstić information content (AvgIpc) is 3.10. The van der Waals surface area contributed by atoms with E-state index in [9.17, 15) is 19.3 Å². The smallest absolute Gasteiger partial charge is 0.295 e. The van der Waals surface area contributed by atoms with Crippen molar-refractivity contribution in [2.45, 2.75) is 18.9 Å². The Balaban J connectivity index is 1.63. The van der Waals surface area contributed by atoms with E-state index >= 15 is 0 Å². The highest BCUT2D eigenvalue weighted by Gasteiger charge is 2.26. The summed E-state index contributed by atoms with van der Waals surface area (Å²) >= 11 is 1.39. The number of piperidine rings is 1. The Bertz CT molecular complexity index is 743. The molecule has 2 aromatic rings. The van der Waals surface area contributed by atoms with Gasteiger partial charge in [-0.05, 0) is 36.4 Å². The number of nitro benzene ring substituents is 1. The summed E-state index contributed by atoms with van der Waals surface area (Å²) in [5, 5.41) is 16.0. The number of benzene rings is 1. The molecule has 0 atom stereocenters. The van der Waals surface area contributed by atoms with Gasteiger partial charge < -0.3 is 10.2 Å². The number of halogens is 1. The SMILES string of the molecule is O=C(NC1CCN(c2ccc(F)cc2[N+](=O)[O-])CC1)c1cccs1. The van der Waals surface area contributed by atoms with Crippen molar-refractivity contribution in [2.24, 2.45) is 0 Å². The third-order valence-electron chi connectivity index (χ3n) is 4.05. The fourth-order valence-corrected chi connectivity index (χ4v) is 3.47. The van der Waals surface area contributed by atoms with Crippen molar-refractivity contribution in [3.05, 3.63) is 56.5 Å². The third-order valence-corrected chi connectivity index (χ3v) is 4.92. The van der Waals surface area contributed by atoms with Crippen LogP contribution in [-0.2, 0) is 0 Å². The maximum Gasteiger partial charge on any atom is 0.295 e. The number of nitrogens with one attached hydrogen (secondary N) is 1. The predicted molar refractivity (Wildman–Crippen MR) is 90.1 cm³/mol. The summed E-state index contributed by atoms with van der Waals surface area (Å²) in [6.45, 7) is 1.14. The first-order valence-corrected chi connectivity index (χ1v) is 8.46. The van der Waals surface area contributed by atoms with E-state index in [-0.39, 0.29) is 17.6 Å². The molecule has 1 amide bonds. The van der Waals surface area contributed by atoms with Gasteiger partial charge in [-0.2, -0.15) is 0 Å². The molecule has 2 heterocycles. The first-order chi connectivity index (χ1) is 11.5. The van der Waals surface area contributed by atoms with Crippen LogP contribution in [0, 0.1) is 15.9 Å². The van der Waals surface area contributed by atoms with E-state index in [1.165, 1.54) is 23.5 Å². The number of nitrogens with zero attached hydrogens (tertiary/aromatic N) is 2. The number of anilines is 1. The van der Waals surface area contributed by atoms with Crippen LogP contribution in [-0.4, -0.2) is 30.0 Å². The van der Waals surface area contributed by atoms with Gasteiger partial charge >= 0.3 is 0 Å². The van der Waals surface area contributed by atoms with Crippen molar-refractivity contribution < 1.29 is 14.1 Å². The van der Waals surface area contributed by atoms with E-state index < -0.39 is 10.7 Å². The molecule has 3 rings (SSSR count). The lowest BCUT2D eigenvalue weighted by atomic mass is 10.0. The number of hydrogen-bond acceptors (Lipinski definition) is 5. The fourth-order valence-electron chi connectivity index (χ4n) is 2.84. The maximum absolute atomic E-state index is 13.2. The summed E-state index contributed by atoms with van der Waals surface area (Å²) in [5.74, 6) is -0.709. The van der Waals surface area contributed by atoms with Crippen molar-refractivity contribution in [2.75, 3.05) is 18.0 Å². The monoisotopic (exact) mass is 349 g/mol. The van der Waals surface area contributed by atoms with Gasteiger partial charge in [0.1, 0.15) is 11.5 Å². The fraction of sp³-hybridized carbons (Fsp3) is 0.312. The zero-order chi connectivity index (χ0) is 17.1. The van der Waals surface area contributed by atoms with Crippen LogP contribution >= 0.6 is 11.3 Å². The van der Waals surface area contributed by atoms with E-state index in [4.69, 9.17) is 0 Å². The van der Waals surface area contributed by atoms with E-state index in [2.05, 4.69) is 5.32 Å². The summed E-state index contributed by atoms with van der Waals surface area (Å²) in [6, 6.07) is 7.26. The zero-order valence-corrected chi connectivity index (χ0v) is 13.6. The molecule has 1 aromatic heterocycles. The summed E-state index contributed by atoms with van der Waals surface area (Å²) in [5.41, 5.74) is 0.195. The Labute approximate surface area is 142 Å². The molecule has 1 aliphatic rings. The second-order valence-corrected chi connectivity index (χ2v) is 6.55. The molecule has 6 nitrogen and oxygen atoms in total. The van der Waals surface area contributed by atoms with Crippen LogP contribution < -0.4 is 10.2 Å². The quantitative estimate of drug-likeness (QED) is 0.679. The summed E-state index contributed by atoms with van der Waals surface area (Å²) in [6.07, 6.45) is 1.37. The summed E-state index contributed by atoms with van der Waals surface area (Å²) < 4.78 is 13.2. The number of carbonyl (C=O) groups is 1. The standard InChI is InChI=1S/C16H16FN3O3S/c17-11-3-4-13(14(10-11)20(22)23)19-7-5-12(6-8-19)18-16(21)15-2-1-9-24-15/h1-4,9-10,12H,5-8H2,(H,18,21). The van der Waals surface area contributed by atoms with Gasteiger partial charge in [0.05, 0.1) is 15.9 Å². The van der Waals surface area contributed by atoms with Crippen LogP contribution in [0.3, 0.4) is 0 Å². The minimum atomic E-state index is -0.622. The lowest BCUT2D eigenvalue weighted by Gasteiger charge is -2.33. The van der Waals surface area contributed by atoms with Crippen LogP contribution in [0.5, 0.6) is 0 Å². The van der Waals surface area contributed by atoms with E-state index in [0.717, 1.165) is 6.07 Å². The van der Waals surface area contributed by atoms with Crippen molar-refractivity contribution >= 4 is 28.6 Å². The zero-order valence-electron chi connectivity index (χ0n) is 12.8. The van der Waals surface area contributed by atoms with Gasteiger partial charge in [0.2, 0.25) is 0 Å². The van der Waals surface area contributed by atoms with Crippen molar-refractivity contribution in [3.8, 4) is 0 Å². The molecule has 1 aliphatic heterocycles. The molecular weight excluding hydrogens is 333 g/mol. The molecule has 1 fully saturated rings. The molecule has 0 unspecified atom stereocenters. The second-order valence-electron chi connectivity index (χ2n) is 5.60. The molecule has 0 bridgehead atoms. The second kappa shape index (κ2) is 6.96. The number of hydrogen-bond donors (Lipinski definition) is 1. The highest BCUT2D eigenvalue weighted by molar-refractivity contribution is 7.12. The average molecular weight is 349 g/mol. The molecule has 126 valence electrons. The van der Waals surface area contributed by atoms with Crippen molar-refractivity contribution in [3.63, 3.8) is 0 Å². The predicted octanol–water partition coefficient (Wildman–Crippen LogP) is 3.19. The Morgan fingerprint density at radius 3 is 2.71 bits per heavy atom. The van der Waals surface area contributed by atoms with Gasteiger partial charge in [0, 0.05) is 19.1 Å². The van der Waals surface area contributed by atoms with E-state index in [1.54, 1.807) is 6.07 Å². The number of carbonyl (C=O) groups excluding carboxylic acids is 1. The molecule has 1 N–H and O–H groups in total. The minimum absolute atomic E-state index is 0.0374. The first kappa shape index (κ1) is 16.4. The van der Waals surface area contributed by atoms with Crippen LogP contribution in [0.2, 0.25) is 0 Å². The van der Waals surface area contributed by atoms with Gasteiger partial charge in [-0.25, -0.2) is 4.39 Å². The number of thiophene rings is 1. The Morgan fingerprint density at radius 2 is 2.08 bits per heavy atom. The molecule has 0 saturated carbocycles. The van der Waals surface area contributed by atoms with Crippen LogP contribution in [0.25, 0.3) is 0 Å². The number of rotatable bonds is 4. The van der Waals surface area contributed by atoms with E-state index in [1.807, 2.05) is 16.3 Å². The van der Waals surface area contributed by atoms with Gasteiger partial charge in [-0.1, -0.05) is 6.07 Å². The summed E-state index contributed by atoms with van der Waals surface area (Å²) in [4.78, 5) is 25.1. The highest BCUT2D eigenvalue weighted by atomic mass is 32.1. The Hall–Kier alpha value is -2.48. The van der Waals surface area contributed by atoms with Crippen molar-refractivity contribution in [1.82, 2.24) is 5.32 Å². The molecule has 0 spiro atoms. The van der Waals surface area contributed by atoms with Crippen LogP contribution in [0.1, 0.15) is 22.5 Å². The topological polar surface area (TPSA) is 75.5 Å². The molecular formula is C16H16FN3O3S. The summed E-state index contributed by atoms with van der Waals surface area (Å²) in [7, 11) is 0. The van der Waals surface area contributed by atoms with Gasteiger partial charge in [0.15, 0.2) is 0 Å². The molecule has 8 heteroatoms. The Kier molecular flexibility index (Phi) is 4.75. The van der Waals surface area contributed by atoms with Gasteiger partial charge in [0.25, 0.3) is 11.6 Å². The maximum atomic E-state index is 13.2. The lowest BCUT2D eigenvalue weighted by molar-refractivity contribution is -0.384. The Morgan fingerprint density at radius 1 is 1.33 bits per heavy atom. The molecule has 0 radical (unpaired) electrons. The third kappa shape index (κ3) is 3.53. The van der Waals surface area contributed by atoms with Gasteiger partial charge in [-0.15, -0.1) is 11.3 Å². The number of amides is 1. The van der Waals surface area contributed by atoms with Crippen LogP contribution in [0.15, 0.2) is 35.7 Å². The van der Waals surface area contributed by atoms with Gasteiger partial charge in [-0.3, -0.25) is 14.9 Å². The largest absolute Gasteiger partial charge is 0.366 e. The molecule has 0 aliphatic carbocycles. The lowest BCUT2D eigenvalue weighted by Crippen LogP contribution is -2.44. The molecule has 1 aromatic carbocycles. The van der Waals surface area contributed by atoms with E-state index in [0.29, 0.717) is 36.5 Å². The number of nitro groups is 1. The van der Waals surface area contributed by atoms with Crippen molar-refractivity contribution in [1.29, 1.82) is 0 Å². The molecule has 24 heavy (non-hydrogen) atoms. The molecule has 1 saturated heterocycles. The minimum Gasteiger partial charge on any atom is -0.366 e. The first-order valence-electron chi connectivity index (χ1n) is 7.58. The van der Waals surface area contributed by atoms with Crippen LogP contribution in [0.4, 0.5) is 15.8 Å².